The minimum absolute atomic E-state index is 0.0166. The number of fused-ring (bicyclic) bond motifs is 1. The number of carbonyl (C=O) groups excluding carboxylic acids is 2. The van der Waals surface area contributed by atoms with Crippen LogP contribution in [0.5, 0.6) is 0 Å². The zero-order valence-electron chi connectivity index (χ0n) is 15.2. The lowest BCUT2D eigenvalue weighted by atomic mass is 10.0. The fourth-order valence-electron chi connectivity index (χ4n) is 3.30. The number of nitro groups is 1. The highest BCUT2D eigenvalue weighted by molar-refractivity contribution is 6.41. The first-order valence-corrected chi connectivity index (χ1v) is 8.63. The molecule has 6 heteroatoms. The average molecular weight is 373 g/mol. The summed E-state index contributed by atoms with van der Waals surface area (Å²) in [4.78, 5) is 35.8. The molecule has 1 aliphatic carbocycles. The van der Waals surface area contributed by atoms with E-state index >= 15 is 0 Å². The molecule has 1 heterocycles. The minimum atomic E-state index is -0.426. The number of ketones is 2. The molecule has 0 unspecified atom stereocenters. The predicted molar refractivity (Wildman–Crippen MR) is 103 cm³/mol. The molecule has 0 spiro atoms. The highest BCUT2D eigenvalue weighted by Gasteiger charge is 2.32. The molecule has 3 aromatic rings. The Balaban J connectivity index is 1.72. The molecule has 0 saturated carbocycles. The SMILES string of the molecule is Cc1cc(-c2ccc(C=C3C(=O)c4ccccc4C3=O)o2)cc([N+](=O)[O-])c1C. The van der Waals surface area contributed by atoms with Gasteiger partial charge in [-0.05, 0) is 43.7 Å². The third-order valence-electron chi connectivity index (χ3n) is 4.94. The van der Waals surface area contributed by atoms with Crippen molar-refractivity contribution in [3.8, 4) is 11.3 Å². The number of carbonyl (C=O) groups is 2. The van der Waals surface area contributed by atoms with E-state index in [0.717, 1.165) is 5.56 Å². The van der Waals surface area contributed by atoms with Crippen molar-refractivity contribution in [2.75, 3.05) is 0 Å². The van der Waals surface area contributed by atoms with Gasteiger partial charge in [0.2, 0.25) is 0 Å². The zero-order valence-corrected chi connectivity index (χ0v) is 15.2. The van der Waals surface area contributed by atoms with Crippen molar-refractivity contribution in [1.82, 2.24) is 0 Å². The summed E-state index contributed by atoms with van der Waals surface area (Å²) in [6, 6.07) is 13.2. The summed E-state index contributed by atoms with van der Waals surface area (Å²) < 4.78 is 5.75. The molecule has 0 atom stereocenters. The lowest BCUT2D eigenvalue weighted by Crippen LogP contribution is -1.99. The number of furan rings is 1. The number of benzene rings is 2. The van der Waals surface area contributed by atoms with Crippen molar-refractivity contribution in [2.45, 2.75) is 13.8 Å². The van der Waals surface area contributed by atoms with Gasteiger partial charge in [0.05, 0.1) is 10.5 Å². The van der Waals surface area contributed by atoms with Crippen LogP contribution in [0.2, 0.25) is 0 Å². The van der Waals surface area contributed by atoms with Gasteiger partial charge in [-0.15, -0.1) is 0 Å². The summed E-state index contributed by atoms with van der Waals surface area (Å²) in [5.41, 5.74) is 2.77. The maximum Gasteiger partial charge on any atom is 0.273 e. The normalized spacial score (nSPS) is 13.0. The summed E-state index contributed by atoms with van der Waals surface area (Å²) in [5.74, 6) is 0.0922. The van der Waals surface area contributed by atoms with E-state index in [1.807, 2.05) is 0 Å². The third-order valence-corrected chi connectivity index (χ3v) is 4.94. The van der Waals surface area contributed by atoms with Crippen molar-refractivity contribution in [3.05, 3.63) is 92.2 Å². The molecule has 1 aliphatic rings. The Morgan fingerprint density at radius 2 is 1.61 bits per heavy atom. The predicted octanol–water partition coefficient (Wildman–Crippen LogP) is 4.93. The van der Waals surface area contributed by atoms with Crippen LogP contribution in [0, 0.1) is 24.0 Å². The Kier molecular flexibility index (Phi) is 4.04. The van der Waals surface area contributed by atoms with Crippen LogP contribution < -0.4 is 0 Å². The topological polar surface area (TPSA) is 90.4 Å². The lowest BCUT2D eigenvalue weighted by molar-refractivity contribution is -0.385. The van der Waals surface area contributed by atoms with E-state index in [4.69, 9.17) is 4.42 Å². The minimum Gasteiger partial charge on any atom is -0.457 e. The molecule has 0 saturated heterocycles. The number of hydrogen-bond acceptors (Lipinski definition) is 5. The largest absolute Gasteiger partial charge is 0.457 e. The molecule has 0 radical (unpaired) electrons. The van der Waals surface area contributed by atoms with Gasteiger partial charge >= 0.3 is 0 Å². The molecular formula is C22H15NO5. The first-order valence-electron chi connectivity index (χ1n) is 8.63. The summed E-state index contributed by atoms with van der Waals surface area (Å²) in [5, 5.41) is 11.3. The van der Waals surface area contributed by atoms with Crippen molar-refractivity contribution in [1.29, 1.82) is 0 Å². The summed E-state index contributed by atoms with van der Waals surface area (Å²) in [6.07, 6.45) is 1.42. The van der Waals surface area contributed by atoms with Crippen molar-refractivity contribution in [2.24, 2.45) is 0 Å². The Morgan fingerprint density at radius 1 is 0.964 bits per heavy atom. The molecule has 0 N–H and O–H groups in total. The number of aryl methyl sites for hydroxylation is 1. The van der Waals surface area contributed by atoms with Gasteiger partial charge in [-0.1, -0.05) is 24.3 Å². The molecular weight excluding hydrogens is 358 g/mol. The first kappa shape index (κ1) is 17.6. The number of nitro benzene ring substituents is 1. The number of nitrogens with zero attached hydrogens (tertiary/aromatic N) is 1. The second kappa shape index (κ2) is 6.42. The summed E-state index contributed by atoms with van der Waals surface area (Å²) >= 11 is 0. The van der Waals surface area contributed by atoms with E-state index in [1.54, 1.807) is 56.3 Å². The maximum atomic E-state index is 12.5. The van der Waals surface area contributed by atoms with E-state index in [0.29, 0.717) is 33.8 Å². The first-order chi connectivity index (χ1) is 13.4. The fraction of sp³-hybridized carbons (Fsp3) is 0.0909. The second-order valence-corrected chi connectivity index (χ2v) is 6.66. The summed E-state index contributed by atoms with van der Waals surface area (Å²) in [6.45, 7) is 3.49. The molecule has 138 valence electrons. The van der Waals surface area contributed by atoms with Crippen LogP contribution in [0.4, 0.5) is 5.69 Å². The Labute approximate surface area is 160 Å². The van der Waals surface area contributed by atoms with Crippen LogP contribution >= 0.6 is 0 Å². The molecule has 0 aliphatic heterocycles. The van der Waals surface area contributed by atoms with E-state index < -0.39 is 4.92 Å². The van der Waals surface area contributed by atoms with Gasteiger partial charge in [0.1, 0.15) is 11.5 Å². The van der Waals surface area contributed by atoms with Gasteiger partial charge in [0, 0.05) is 28.3 Å². The molecule has 1 aromatic heterocycles. The maximum absolute atomic E-state index is 12.5. The van der Waals surface area contributed by atoms with E-state index in [1.165, 1.54) is 12.1 Å². The highest BCUT2D eigenvalue weighted by Crippen LogP contribution is 2.32. The third kappa shape index (κ3) is 2.75. The molecule has 0 amide bonds. The van der Waals surface area contributed by atoms with E-state index in [-0.39, 0.29) is 22.8 Å². The second-order valence-electron chi connectivity index (χ2n) is 6.66. The van der Waals surface area contributed by atoms with Crippen molar-refractivity contribution in [3.63, 3.8) is 0 Å². The van der Waals surface area contributed by atoms with Crippen LogP contribution in [0.15, 0.2) is 58.5 Å². The van der Waals surface area contributed by atoms with Crippen LogP contribution in [-0.4, -0.2) is 16.5 Å². The van der Waals surface area contributed by atoms with Gasteiger partial charge in [-0.2, -0.15) is 0 Å². The van der Waals surface area contributed by atoms with Crippen LogP contribution in [0.3, 0.4) is 0 Å². The molecule has 4 rings (SSSR count). The van der Waals surface area contributed by atoms with Gasteiger partial charge < -0.3 is 4.42 Å². The van der Waals surface area contributed by atoms with Crippen molar-refractivity contribution < 1.29 is 18.9 Å². The van der Waals surface area contributed by atoms with Crippen LogP contribution in [-0.2, 0) is 0 Å². The molecule has 28 heavy (non-hydrogen) atoms. The van der Waals surface area contributed by atoms with Gasteiger partial charge in [-0.3, -0.25) is 19.7 Å². The number of rotatable bonds is 3. The van der Waals surface area contributed by atoms with Gasteiger partial charge in [-0.25, -0.2) is 0 Å². The lowest BCUT2D eigenvalue weighted by Gasteiger charge is -2.04. The molecule has 6 nitrogen and oxygen atoms in total. The monoisotopic (exact) mass is 373 g/mol. The number of Topliss-reactive ketones (excluding diaryl/α,β-unsaturated/α-hetero) is 2. The van der Waals surface area contributed by atoms with E-state index in [2.05, 4.69) is 0 Å². The number of hydrogen-bond donors (Lipinski definition) is 0. The fourth-order valence-corrected chi connectivity index (χ4v) is 3.30. The van der Waals surface area contributed by atoms with Crippen LogP contribution in [0.1, 0.15) is 37.6 Å². The molecule has 0 fully saturated rings. The number of allylic oxidation sites excluding steroid dienone is 1. The quantitative estimate of drug-likeness (QED) is 0.281. The smallest absolute Gasteiger partial charge is 0.273 e. The van der Waals surface area contributed by atoms with Crippen molar-refractivity contribution >= 4 is 23.3 Å². The molecule has 2 aromatic carbocycles. The Hall–Kier alpha value is -3.80. The van der Waals surface area contributed by atoms with Crippen LogP contribution in [0.25, 0.3) is 17.4 Å². The Bertz CT molecular complexity index is 1160. The average Bonchev–Trinajstić information content (AvgIpc) is 3.23. The Morgan fingerprint density at radius 3 is 2.21 bits per heavy atom. The standard InChI is InChI=1S/C22H15NO5/c1-12-9-14(10-19(13(12)2)23(26)27)20-8-7-15(28-20)11-18-21(24)16-5-3-4-6-17(16)22(18)25/h3-11H,1-2H3. The highest BCUT2D eigenvalue weighted by atomic mass is 16.6. The van der Waals surface area contributed by atoms with Gasteiger partial charge in [0.25, 0.3) is 5.69 Å². The summed E-state index contributed by atoms with van der Waals surface area (Å²) in [7, 11) is 0. The molecule has 0 bridgehead atoms. The van der Waals surface area contributed by atoms with E-state index in [9.17, 15) is 19.7 Å². The van der Waals surface area contributed by atoms with Gasteiger partial charge in [0.15, 0.2) is 11.6 Å². The zero-order chi connectivity index (χ0) is 20.0.